The van der Waals surface area contributed by atoms with Gasteiger partial charge in [0.1, 0.15) is 12.4 Å². The molecule has 0 aromatic heterocycles. The lowest BCUT2D eigenvalue weighted by Gasteiger charge is -2.30. The summed E-state index contributed by atoms with van der Waals surface area (Å²) >= 11 is 0. The highest BCUT2D eigenvalue weighted by atomic mass is 32.2. The van der Waals surface area contributed by atoms with E-state index in [1.807, 2.05) is 6.07 Å². The van der Waals surface area contributed by atoms with Gasteiger partial charge in [-0.15, -0.1) is 0 Å². The van der Waals surface area contributed by atoms with E-state index in [4.69, 9.17) is 9.47 Å². The average Bonchev–Trinajstić information content (AvgIpc) is 3.00. The second-order valence-corrected chi connectivity index (χ2v) is 8.84. The van der Waals surface area contributed by atoms with Crippen LogP contribution in [0.3, 0.4) is 0 Å². The maximum atomic E-state index is 13.1. The zero-order valence-corrected chi connectivity index (χ0v) is 16.5. The quantitative estimate of drug-likeness (QED) is 0.758. The number of benzene rings is 2. The molecular formula is C20H21FN2O5S. The second-order valence-electron chi connectivity index (χ2n) is 6.90. The molecule has 0 aliphatic carbocycles. The molecule has 0 unspecified atom stereocenters. The minimum absolute atomic E-state index is 0.0410. The lowest BCUT2D eigenvalue weighted by atomic mass is 10.2. The monoisotopic (exact) mass is 420 g/mol. The molecule has 7 nitrogen and oxygen atoms in total. The van der Waals surface area contributed by atoms with Gasteiger partial charge < -0.3 is 14.4 Å². The zero-order valence-electron chi connectivity index (χ0n) is 15.7. The van der Waals surface area contributed by atoms with Gasteiger partial charge in [-0.05, 0) is 42.8 Å². The molecule has 1 saturated heterocycles. The molecule has 2 heterocycles. The third kappa shape index (κ3) is 4.06. The van der Waals surface area contributed by atoms with E-state index < -0.39 is 21.9 Å². The summed E-state index contributed by atoms with van der Waals surface area (Å²) in [5.41, 5.74) is 0. The molecule has 154 valence electrons. The molecule has 2 aliphatic heterocycles. The van der Waals surface area contributed by atoms with Crippen LogP contribution in [0.25, 0.3) is 0 Å². The predicted molar refractivity (Wildman–Crippen MR) is 103 cm³/mol. The molecule has 9 heteroatoms. The van der Waals surface area contributed by atoms with Crippen LogP contribution in [-0.2, 0) is 14.8 Å². The van der Waals surface area contributed by atoms with Gasteiger partial charge in [0, 0.05) is 26.2 Å². The summed E-state index contributed by atoms with van der Waals surface area (Å²) < 4.78 is 51.5. The Hall–Kier alpha value is -2.65. The first kappa shape index (κ1) is 19.7. The Bertz CT molecular complexity index is 996. The van der Waals surface area contributed by atoms with E-state index in [0.29, 0.717) is 24.5 Å². The Morgan fingerprint density at radius 3 is 2.45 bits per heavy atom. The van der Waals surface area contributed by atoms with Crippen molar-refractivity contribution in [1.29, 1.82) is 0 Å². The van der Waals surface area contributed by atoms with Crippen LogP contribution in [0.4, 0.5) is 4.39 Å². The Morgan fingerprint density at radius 1 is 0.966 bits per heavy atom. The van der Waals surface area contributed by atoms with Crippen LogP contribution in [0.1, 0.15) is 6.42 Å². The third-order valence-corrected chi connectivity index (χ3v) is 6.91. The van der Waals surface area contributed by atoms with Crippen LogP contribution in [0.15, 0.2) is 53.4 Å². The molecule has 1 fully saturated rings. The van der Waals surface area contributed by atoms with E-state index >= 15 is 0 Å². The molecule has 2 aromatic carbocycles. The van der Waals surface area contributed by atoms with Crippen LogP contribution in [-0.4, -0.2) is 62.4 Å². The van der Waals surface area contributed by atoms with Gasteiger partial charge in [-0.2, -0.15) is 4.31 Å². The van der Waals surface area contributed by atoms with Crippen LogP contribution < -0.4 is 9.47 Å². The maximum Gasteiger partial charge on any atom is 0.267 e. The first-order chi connectivity index (χ1) is 13.9. The van der Waals surface area contributed by atoms with E-state index in [-0.39, 0.29) is 37.0 Å². The minimum Gasteiger partial charge on any atom is -0.485 e. The van der Waals surface area contributed by atoms with E-state index in [1.165, 1.54) is 16.4 Å². The number of carbonyl (C=O) groups excluding carboxylic acids is 1. The maximum absolute atomic E-state index is 13.1. The largest absolute Gasteiger partial charge is 0.485 e. The highest BCUT2D eigenvalue weighted by molar-refractivity contribution is 7.89. The number of hydrogen-bond donors (Lipinski definition) is 0. The summed E-state index contributed by atoms with van der Waals surface area (Å²) in [5.74, 6) is 0.407. The molecule has 1 atom stereocenters. The van der Waals surface area contributed by atoms with Gasteiger partial charge in [-0.3, -0.25) is 4.79 Å². The van der Waals surface area contributed by atoms with Crippen LogP contribution in [0.5, 0.6) is 11.5 Å². The fourth-order valence-electron chi connectivity index (χ4n) is 3.46. The molecule has 4 rings (SSSR count). The topological polar surface area (TPSA) is 76.2 Å². The highest BCUT2D eigenvalue weighted by Crippen LogP contribution is 2.31. The highest BCUT2D eigenvalue weighted by Gasteiger charge is 2.34. The summed E-state index contributed by atoms with van der Waals surface area (Å²) in [5, 5.41) is 0. The predicted octanol–water partition coefficient (Wildman–Crippen LogP) is 1.89. The van der Waals surface area contributed by atoms with Gasteiger partial charge >= 0.3 is 0 Å². The molecular weight excluding hydrogens is 399 g/mol. The number of rotatable bonds is 3. The Labute approximate surface area is 168 Å². The van der Waals surface area contributed by atoms with Crippen molar-refractivity contribution in [3.05, 3.63) is 54.3 Å². The number of sulfonamides is 1. The molecule has 2 aromatic rings. The lowest BCUT2D eigenvalue weighted by Crippen LogP contribution is -2.47. The number of para-hydroxylation sites is 2. The van der Waals surface area contributed by atoms with Crippen molar-refractivity contribution in [2.24, 2.45) is 0 Å². The Morgan fingerprint density at radius 2 is 1.69 bits per heavy atom. The van der Waals surface area contributed by atoms with Crippen molar-refractivity contribution in [3.63, 3.8) is 0 Å². The standard InChI is InChI=1S/C20H21FN2O5S/c21-15-6-8-16(9-7-15)29(25,26)23-11-3-10-22(12-13-23)20(24)19-14-27-17-4-1-2-5-18(17)28-19/h1-2,4-9,19H,3,10-14H2/t19-/m0/s1. The SMILES string of the molecule is O=C([C@@H]1COc2ccccc2O1)N1CCCN(S(=O)(=O)c2ccc(F)cc2)CC1. The first-order valence-electron chi connectivity index (χ1n) is 9.38. The van der Waals surface area contributed by atoms with Crippen molar-refractivity contribution >= 4 is 15.9 Å². The molecule has 0 bridgehead atoms. The van der Waals surface area contributed by atoms with Crippen molar-refractivity contribution < 1.29 is 27.1 Å². The van der Waals surface area contributed by atoms with Gasteiger partial charge in [-0.25, -0.2) is 12.8 Å². The fourth-order valence-corrected chi connectivity index (χ4v) is 4.92. The fraction of sp³-hybridized carbons (Fsp3) is 0.350. The zero-order chi connectivity index (χ0) is 20.4. The summed E-state index contributed by atoms with van der Waals surface area (Å²) in [6, 6.07) is 11.9. The van der Waals surface area contributed by atoms with E-state index in [1.54, 1.807) is 23.1 Å². The molecule has 2 aliphatic rings. The molecule has 0 saturated carbocycles. The lowest BCUT2D eigenvalue weighted by molar-refractivity contribution is -0.141. The minimum atomic E-state index is -3.74. The van der Waals surface area contributed by atoms with Gasteiger partial charge in [-0.1, -0.05) is 12.1 Å². The Kier molecular flexibility index (Phi) is 5.42. The van der Waals surface area contributed by atoms with Crippen LogP contribution >= 0.6 is 0 Å². The number of halogens is 1. The Balaban J connectivity index is 1.42. The second kappa shape index (κ2) is 8.00. The van der Waals surface area contributed by atoms with E-state index in [2.05, 4.69) is 0 Å². The van der Waals surface area contributed by atoms with Crippen molar-refractivity contribution in [3.8, 4) is 11.5 Å². The summed E-state index contributed by atoms with van der Waals surface area (Å²) in [4.78, 5) is 14.5. The van der Waals surface area contributed by atoms with Gasteiger partial charge in [0.2, 0.25) is 16.1 Å². The molecule has 29 heavy (non-hydrogen) atoms. The van der Waals surface area contributed by atoms with Gasteiger partial charge in [0.25, 0.3) is 5.91 Å². The van der Waals surface area contributed by atoms with E-state index in [9.17, 15) is 17.6 Å². The summed E-state index contributed by atoms with van der Waals surface area (Å²) in [6.45, 7) is 1.24. The van der Waals surface area contributed by atoms with Crippen molar-refractivity contribution in [1.82, 2.24) is 9.21 Å². The number of nitrogens with zero attached hydrogens (tertiary/aromatic N) is 2. The summed E-state index contributed by atoms with van der Waals surface area (Å²) in [6.07, 6.45) is -0.263. The number of amides is 1. The van der Waals surface area contributed by atoms with E-state index in [0.717, 1.165) is 12.1 Å². The number of hydrogen-bond acceptors (Lipinski definition) is 5. The molecule has 1 amide bonds. The van der Waals surface area contributed by atoms with Crippen molar-refractivity contribution in [2.45, 2.75) is 17.4 Å². The third-order valence-electron chi connectivity index (χ3n) is 5.00. The smallest absolute Gasteiger partial charge is 0.267 e. The van der Waals surface area contributed by atoms with Gasteiger partial charge in [0.05, 0.1) is 4.90 Å². The summed E-state index contributed by atoms with van der Waals surface area (Å²) in [7, 11) is -3.74. The van der Waals surface area contributed by atoms with Crippen LogP contribution in [0, 0.1) is 5.82 Å². The number of carbonyl (C=O) groups is 1. The number of fused-ring (bicyclic) bond motifs is 1. The molecule has 0 radical (unpaired) electrons. The van der Waals surface area contributed by atoms with Crippen LogP contribution in [0.2, 0.25) is 0 Å². The average molecular weight is 420 g/mol. The van der Waals surface area contributed by atoms with Gasteiger partial charge in [0.15, 0.2) is 11.5 Å². The molecule has 0 spiro atoms. The first-order valence-corrected chi connectivity index (χ1v) is 10.8. The number of ether oxygens (including phenoxy) is 2. The molecule has 0 N–H and O–H groups in total. The van der Waals surface area contributed by atoms with Crippen molar-refractivity contribution in [2.75, 3.05) is 32.8 Å². The normalized spacial score (nSPS) is 20.2.